The van der Waals surface area contributed by atoms with E-state index in [9.17, 15) is 15.0 Å². The van der Waals surface area contributed by atoms with Gasteiger partial charge in [0.25, 0.3) is 0 Å². The van der Waals surface area contributed by atoms with Gasteiger partial charge in [0, 0.05) is 56.5 Å². The molecule has 2 aromatic rings. The van der Waals surface area contributed by atoms with Gasteiger partial charge in [-0.3, -0.25) is 4.98 Å². The first-order valence-electron chi connectivity index (χ1n) is 24.8. The van der Waals surface area contributed by atoms with Crippen molar-refractivity contribution in [2.45, 2.75) is 165 Å². The number of carbonyl (C=O) groups is 1. The van der Waals surface area contributed by atoms with Crippen LogP contribution in [0.2, 0.25) is 0 Å². The van der Waals surface area contributed by atoms with Crippen molar-refractivity contribution in [2.75, 3.05) is 38.7 Å². The van der Waals surface area contributed by atoms with E-state index in [1.165, 1.54) is 56.9 Å². The molecule has 7 atom stereocenters. The van der Waals surface area contributed by atoms with Gasteiger partial charge >= 0.3 is 6.09 Å². The second-order valence-electron chi connectivity index (χ2n) is 18.1. The molecule has 64 heavy (non-hydrogen) atoms. The Morgan fingerprint density at radius 1 is 0.969 bits per heavy atom. The molecule has 11 nitrogen and oxygen atoms in total. The number of aliphatic hydroxyl groups is 2. The zero-order valence-corrected chi connectivity index (χ0v) is 39.4. The molecule has 1 aromatic carbocycles. The van der Waals surface area contributed by atoms with E-state index >= 15 is 0 Å². The third kappa shape index (κ3) is 14.0. The summed E-state index contributed by atoms with van der Waals surface area (Å²) < 4.78 is 26.4. The van der Waals surface area contributed by atoms with Gasteiger partial charge in [0.1, 0.15) is 11.5 Å². The molecule has 4 aliphatic rings. The lowest BCUT2D eigenvalue weighted by Crippen LogP contribution is -2.64. The maximum absolute atomic E-state index is 13.3. The van der Waals surface area contributed by atoms with E-state index < -0.39 is 18.2 Å². The van der Waals surface area contributed by atoms with Gasteiger partial charge in [0.2, 0.25) is 12.1 Å². The summed E-state index contributed by atoms with van der Waals surface area (Å²) in [5, 5.41) is 27.7. The summed E-state index contributed by atoms with van der Waals surface area (Å²) in [4.78, 5) is 23.8. The molecule has 3 heterocycles. The smallest absolute Gasteiger partial charge is 0.412 e. The van der Waals surface area contributed by atoms with Crippen molar-refractivity contribution >= 4 is 23.6 Å². The monoisotopic (exact) mass is 904 g/mol. The minimum absolute atomic E-state index is 0.107. The van der Waals surface area contributed by atoms with E-state index in [1.807, 2.05) is 42.4 Å². The number of ether oxygens (including phenoxy) is 4. The van der Waals surface area contributed by atoms with Gasteiger partial charge in [-0.15, -0.1) is 6.58 Å². The Hall–Kier alpha value is -3.42. The van der Waals surface area contributed by atoms with E-state index in [0.717, 1.165) is 92.6 Å². The van der Waals surface area contributed by atoms with Crippen LogP contribution in [0.25, 0.3) is 0 Å². The van der Waals surface area contributed by atoms with Gasteiger partial charge in [0.15, 0.2) is 0 Å². The lowest BCUT2D eigenvalue weighted by atomic mass is 9.56. The van der Waals surface area contributed by atoms with Crippen LogP contribution in [0.1, 0.15) is 152 Å². The Labute approximate surface area is 387 Å². The van der Waals surface area contributed by atoms with Crippen molar-refractivity contribution in [1.82, 2.24) is 10.3 Å². The van der Waals surface area contributed by atoms with Gasteiger partial charge in [-0.2, -0.15) is 11.8 Å². The van der Waals surface area contributed by atoms with Crippen molar-refractivity contribution in [3.63, 3.8) is 0 Å². The number of benzene rings is 1. The fourth-order valence-electron chi connectivity index (χ4n) is 10.3. The summed E-state index contributed by atoms with van der Waals surface area (Å²) in [5.74, 6) is 0.822. The number of nitrogens with one attached hydrogen (secondary N) is 1. The number of unbranched alkanes of at least 4 members (excludes halogenated alkanes) is 11. The molecule has 2 fully saturated rings. The Morgan fingerprint density at radius 2 is 1.72 bits per heavy atom. The number of thioether (sulfide) groups is 1. The van der Waals surface area contributed by atoms with E-state index in [2.05, 4.69) is 42.0 Å². The van der Waals surface area contributed by atoms with Crippen molar-refractivity contribution in [3.05, 3.63) is 78.2 Å². The minimum Gasteiger partial charge on any atom is -0.460 e. The zero-order chi connectivity index (χ0) is 44.8. The van der Waals surface area contributed by atoms with E-state index in [-0.39, 0.29) is 42.1 Å². The highest BCUT2D eigenvalue weighted by molar-refractivity contribution is 8.00. The number of allylic oxidation sites excluding steroid dienone is 1. The Balaban J connectivity index is 1.31. The predicted molar refractivity (Wildman–Crippen MR) is 256 cm³/mol. The highest BCUT2D eigenvalue weighted by Gasteiger charge is 2.64. The third-order valence-corrected chi connectivity index (χ3v) is 14.8. The van der Waals surface area contributed by atoms with Crippen molar-refractivity contribution in [2.24, 2.45) is 22.9 Å². The number of carbonyl (C=O) groups excluding carboxylic acids is 1. The molecule has 1 unspecified atom stereocenters. The van der Waals surface area contributed by atoms with Crippen LogP contribution in [0.5, 0.6) is 11.5 Å². The molecule has 3 N–H and O–H groups in total. The summed E-state index contributed by atoms with van der Waals surface area (Å²) in [6.45, 7) is 8.11. The standard InChI is InChI=1S/C52H77N3O8S/c1-3-5-6-7-8-9-10-11-12-16-28-54-51(58)61-41-23-24-46-44(37-41)49-42(21-14-18-32-57)40(20-13-17-31-56)36-43-45(55-63-48-22-15-19-34-59-48)38-47(52(62-46,50(43)49)60-33-4-2)64-35-27-39-25-29-53-30-26-39/h4,23-26,29-30,36-37,40,42,47-50,56-57H,2-3,5-22,27-28,31-35,38H2,1H3,(H,54,58)/t40-,42+,47-,48?,49+,50+,52+/m0/s1. The molecule has 1 aromatic heterocycles. The van der Waals surface area contributed by atoms with Crippen LogP contribution < -0.4 is 14.8 Å². The fraction of sp³-hybridized carbons (Fsp3) is 0.673. The summed E-state index contributed by atoms with van der Waals surface area (Å²) >= 11 is 1.84. The van der Waals surface area contributed by atoms with Crippen LogP contribution in [0.3, 0.4) is 0 Å². The molecular formula is C52H77N3O8S. The first-order valence-corrected chi connectivity index (χ1v) is 25.9. The van der Waals surface area contributed by atoms with Crippen molar-refractivity contribution in [1.29, 1.82) is 0 Å². The summed E-state index contributed by atoms with van der Waals surface area (Å²) in [7, 11) is 0. The maximum atomic E-state index is 13.3. The topological polar surface area (TPSA) is 141 Å². The number of hydrogen-bond donors (Lipinski definition) is 3. The number of nitrogens with zero attached hydrogens (tertiary/aromatic N) is 2. The quantitative estimate of drug-likeness (QED) is 0.0410. The third-order valence-electron chi connectivity index (χ3n) is 13.5. The molecule has 0 bridgehead atoms. The van der Waals surface area contributed by atoms with Gasteiger partial charge in [0.05, 0.1) is 30.1 Å². The Kier molecular flexibility index (Phi) is 21.3. The average Bonchev–Trinajstić information content (AvgIpc) is 3.31. The van der Waals surface area contributed by atoms with Crippen LogP contribution in [0.15, 0.2) is 72.2 Å². The van der Waals surface area contributed by atoms with E-state index in [1.54, 1.807) is 6.08 Å². The number of pyridine rings is 1. The summed E-state index contributed by atoms with van der Waals surface area (Å²) in [6, 6.07) is 9.92. The van der Waals surface area contributed by atoms with Crippen molar-refractivity contribution in [3.8, 4) is 11.5 Å². The highest BCUT2D eigenvalue weighted by atomic mass is 32.2. The second-order valence-corrected chi connectivity index (χ2v) is 19.4. The molecule has 1 saturated heterocycles. The van der Waals surface area contributed by atoms with Crippen LogP contribution >= 0.6 is 11.8 Å². The van der Waals surface area contributed by atoms with Gasteiger partial charge in [-0.05, 0) is 110 Å². The zero-order valence-electron chi connectivity index (χ0n) is 38.6. The number of oxime groups is 1. The summed E-state index contributed by atoms with van der Waals surface area (Å²) in [5.41, 5.74) is 4.14. The molecule has 12 heteroatoms. The van der Waals surface area contributed by atoms with Crippen LogP contribution in [-0.4, -0.2) is 83.1 Å². The normalized spacial score (nSPS) is 25.4. The number of fused-ring (bicyclic) bond motifs is 2. The predicted octanol–water partition coefficient (Wildman–Crippen LogP) is 11.2. The molecule has 6 rings (SSSR count). The largest absolute Gasteiger partial charge is 0.460 e. The number of hydrogen-bond acceptors (Lipinski definition) is 11. The average molecular weight is 904 g/mol. The van der Waals surface area contributed by atoms with Crippen LogP contribution in [0, 0.1) is 17.8 Å². The van der Waals surface area contributed by atoms with Gasteiger partial charge < -0.3 is 39.3 Å². The molecule has 2 aliphatic heterocycles. The second kappa shape index (κ2) is 27.3. The number of aliphatic hydroxyl groups excluding tert-OH is 2. The maximum Gasteiger partial charge on any atom is 0.412 e. The van der Waals surface area contributed by atoms with Gasteiger partial charge in [-0.1, -0.05) is 94.9 Å². The number of rotatable bonds is 29. The molecule has 1 saturated carbocycles. The number of aryl methyl sites for hydroxylation is 1. The Bertz CT molecular complexity index is 1760. The molecule has 354 valence electrons. The van der Waals surface area contributed by atoms with E-state index in [4.69, 9.17) is 28.9 Å². The van der Waals surface area contributed by atoms with E-state index in [0.29, 0.717) is 44.8 Å². The first-order chi connectivity index (χ1) is 31.5. The van der Waals surface area contributed by atoms with Crippen molar-refractivity contribution < 1.29 is 38.8 Å². The fourth-order valence-corrected chi connectivity index (χ4v) is 11.7. The minimum atomic E-state index is -1.08. The molecule has 0 spiro atoms. The Morgan fingerprint density at radius 3 is 2.44 bits per heavy atom. The molecule has 2 aliphatic carbocycles. The molecule has 1 amide bonds. The lowest BCUT2D eigenvalue weighted by Gasteiger charge is -2.58. The lowest BCUT2D eigenvalue weighted by molar-refractivity contribution is -0.223. The molecular weight excluding hydrogens is 827 g/mol. The number of amides is 1. The van der Waals surface area contributed by atoms with Crippen LogP contribution in [0.4, 0.5) is 4.79 Å². The number of aromatic nitrogens is 1. The molecule has 0 radical (unpaired) electrons. The van der Waals surface area contributed by atoms with Crippen LogP contribution in [-0.2, 0) is 20.7 Å². The first kappa shape index (κ1) is 50.0. The highest BCUT2D eigenvalue weighted by Crippen LogP contribution is 2.62. The summed E-state index contributed by atoms with van der Waals surface area (Å²) in [6.07, 6.45) is 28.5. The SMILES string of the molecule is C=CCO[C@@]12Oc3ccc(OC(=O)NCCCCCCCCCCCC)cc3[C@H]3[C@H](CCCCO)[C@@H](CCCCO)C=C(C(=NOC4CCCCO4)C[C@@H]1SCCc1ccncc1)[C@H]32. The van der Waals surface area contributed by atoms with Gasteiger partial charge in [-0.25, -0.2) is 4.79 Å².